The molecule has 10 nitrogen and oxygen atoms in total. The van der Waals surface area contributed by atoms with E-state index in [9.17, 15) is 23.3 Å². The average Bonchev–Trinajstić information content (AvgIpc) is 2.73. The van der Waals surface area contributed by atoms with Crippen LogP contribution in [0, 0.1) is 10.1 Å². The summed E-state index contributed by atoms with van der Waals surface area (Å²) in [7, 11) is -3.76. The number of piperazine rings is 1. The third-order valence-corrected chi connectivity index (χ3v) is 6.98. The molecule has 156 valence electrons. The van der Waals surface area contributed by atoms with Gasteiger partial charge in [0, 0.05) is 37.4 Å². The van der Waals surface area contributed by atoms with Gasteiger partial charge in [-0.2, -0.15) is 4.31 Å². The van der Waals surface area contributed by atoms with Crippen LogP contribution >= 0.6 is 11.6 Å². The number of fused-ring (bicyclic) bond motifs is 1. The first-order valence-corrected chi connectivity index (χ1v) is 10.8. The maximum atomic E-state index is 12.9. The van der Waals surface area contributed by atoms with Gasteiger partial charge in [-0.1, -0.05) is 23.7 Å². The highest BCUT2D eigenvalue weighted by Crippen LogP contribution is 2.26. The van der Waals surface area contributed by atoms with Crippen molar-refractivity contribution in [3.8, 4) is 0 Å². The Morgan fingerprint density at radius 3 is 2.47 bits per heavy atom. The normalized spacial score (nSPS) is 15.4. The second kappa shape index (κ2) is 7.67. The molecular weight excluding hydrogens is 434 g/mol. The van der Waals surface area contributed by atoms with E-state index in [0.29, 0.717) is 5.02 Å². The van der Waals surface area contributed by atoms with E-state index in [0.717, 1.165) is 4.40 Å². The fourth-order valence-electron chi connectivity index (χ4n) is 3.37. The molecule has 0 radical (unpaired) electrons. The summed E-state index contributed by atoms with van der Waals surface area (Å²) in [5, 5.41) is 11.9. The van der Waals surface area contributed by atoms with Crippen molar-refractivity contribution >= 4 is 38.8 Å². The van der Waals surface area contributed by atoms with Crippen molar-refractivity contribution in [2.24, 2.45) is 0 Å². The lowest BCUT2D eigenvalue weighted by molar-refractivity contribution is -0.385. The molecule has 1 saturated heterocycles. The lowest BCUT2D eigenvalue weighted by atomic mass is 10.3. The van der Waals surface area contributed by atoms with Gasteiger partial charge in [-0.25, -0.2) is 13.4 Å². The Morgan fingerprint density at radius 1 is 1.07 bits per heavy atom. The Kier molecular flexibility index (Phi) is 5.18. The zero-order valence-corrected chi connectivity index (χ0v) is 17.1. The predicted molar refractivity (Wildman–Crippen MR) is 111 cm³/mol. The molecule has 1 aliphatic heterocycles. The highest BCUT2D eigenvalue weighted by molar-refractivity contribution is 7.89. The summed E-state index contributed by atoms with van der Waals surface area (Å²) < 4.78 is 28.1. The molecule has 0 spiro atoms. The van der Waals surface area contributed by atoms with E-state index >= 15 is 0 Å². The van der Waals surface area contributed by atoms with Gasteiger partial charge >= 0.3 is 11.2 Å². The molecule has 3 heterocycles. The van der Waals surface area contributed by atoms with E-state index in [-0.39, 0.29) is 42.5 Å². The van der Waals surface area contributed by atoms with Crippen LogP contribution in [0.2, 0.25) is 5.02 Å². The van der Waals surface area contributed by atoms with Gasteiger partial charge in [0.05, 0.1) is 9.82 Å². The van der Waals surface area contributed by atoms with Crippen molar-refractivity contribution in [1.29, 1.82) is 0 Å². The number of hydrogen-bond acceptors (Lipinski definition) is 7. The number of anilines is 1. The molecule has 0 unspecified atom stereocenters. The molecule has 1 aromatic carbocycles. The number of benzene rings is 1. The van der Waals surface area contributed by atoms with Gasteiger partial charge < -0.3 is 4.90 Å². The quantitative estimate of drug-likeness (QED) is 0.440. The molecule has 0 N–H and O–H groups in total. The first kappa shape index (κ1) is 20.3. The van der Waals surface area contributed by atoms with Crippen LogP contribution < -0.4 is 10.5 Å². The average molecular weight is 450 g/mol. The second-order valence-corrected chi connectivity index (χ2v) is 9.00. The van der Waals surface area contributed by atoms with Gasteiger partial charge in [0.15, 0.2) is 0 Å². The zero-order valence-electron chi connectivity index (χ0n) is 15.5. The number of pyridine rings is 1. The molecule has 1 aliphatic rings. The van der Waals surface area contributed by atoms with Crippen LogP contribution in [0.15, 0.2) is 58.4 Å². The maximum absolute atomic E-state index is 12.9. The van der Waals surface area contributed by atoms with Gasteiger partial charge in [0.2, 0.25) is 15.8 Å². The third-order valence-electron chi connectivity index (χ3n) is 4.85. The maximum Gasteiger partial charge on any atom is 0.376 e. The van der Waals surface area contributed by atoms with Crippen molar-refractivity contribution in [3.05, 3.63) is 74.2 Å². The van der Waals surface area contributed by atoms with Crippen LogP contribution in [0.1, 0.15) is 0 Å². The summed E-state index contributed by atoms with van der Waals surface area (Å²) in [5.41, 5.74) is -1.14. The number of rotatable bonds is 4. The lowest BCUT2D eigenvalue weighted by Gasteiger charge is -2.34. The highest BCUT2D eigenvalue weighted by Gasteiger charge is 2.33. The number of nitrogens with zero attached hydrogens (tertiary/aromatic N) is 5. The molecular formula is C18H16ClN5O5S. The fraction of sp³-hybridized carbons (Fsp3) is 0.222. The molecule has 3 aromatic rings. The molecule has 0 bridgehead atoms. The zero-order chi connectivity index (χ0) is 21.5. The van der Waals surface area contributed by atoms with Crippen LogP contribution in [0.25, 0.3) is 5.65 Å². The van der Waals surface area contributed by atoms with E-state index < -0.39 is 26.2 Å². The van der Waals surface area contributed by atoms with Gasteiger partial charge in [0.1, 0.15) is 5.65 Å². The van der Waals surface area contributed by atoms with Gasteiger partial charge in [-0.05, 0) is 30.3 Å². The Labute approximate surface area is 176 Å². The highest BCUT2D eigenvalue weighted by atomic mass is 35.5. The van der Waals surface area contributed by atoms with Crippen LogP contribution in [0.5, 0.6) is 0 Å². The Bertz CT molecular complexity index is 1300. The largest absolute Gasteiger partial charge is 0.376 e. The number of halogens is 1. The van der Waals surface area contributed by atoms with E-state index in [1.54, 1.807) is 35.2 Å². The third kappa shape index (κ3) is 3.51. The molecule has 30 heavy (non-hydrogen) atoms. The number of nitro groups is 1. The van der Waals surface area contributed by atoms with E-state index in [1.807, 2.05) is 0 Å². The van der Waals surface area contributed by atoms with Gasteiger partial charge in [0.25, 0.3) is 0 Å². The van der Waals surface area contributed by atoms with Crippen molar-refractivity contribution in [3.63, 3.8) is 0 Å². The fourth-order valence-corrected chi connectivity index (χ4v) is 5.09. The van der Waals surface area contributed by atoms with Crippen LogP contribution in [0.3, 0.4) is 0 Å². The van der Waals surface area contributed by atoms with Crippen molar-refractivity contribution < 1.29 is 13.3 Å². The van der Waals surface area contributed by atoms with Crippen molar-refractivity contribution in [2.45, 2.75) is 4.90 Å². The summed E-state index contributed by atoms with van der Waals surface area (Å²) in [6.07, 6.45) is 1.41. The van der Waals surface area contributed by atoms with Crippen LogP contribution in [-0.2, 0) is 10.0 Å². The molecule has 0 atom stereocenters. The Balaban J connectivity index is 1.65. The smallest absolute Gasteiger partial charge is 0.348 e. The number of hydrogen-bond donors (Lipinski definition) is 0. The Morgan fingerprint density at radius 2 is 1.80 bits per heavy atom. The molecule has 4 rings (SSSR count). The first-order chi connectivity index (χ1) is 14.3. The van der Waals surface area contributed by atoms with Crippen molar-refractivity contribution in [2.75, 3.05) is 31.1 Å². The summed E-state index contributed by atoms with van der Waals surface area (Å²) in [4.78, 5) is 29.4. The minimum atomic E-state index is -3.76. The minimum absolute atomic E-state index is 0.0593. The monoisotopic (exact) mass is 449 g/mol. The van der Waals surface area contributed by atoms with E-state index in [2.05, 4.69) is 4.98 Å². The van der Waals surface area contributed by atoms with E-state index in [4.69, 9.17) is 11.6 Å². The molecule has 1 fully saturated rings. The minimum Gasteiger partial charge on any atom is -0.348 e. The number of aromatic nitrogens is 2. The molecule has 2 aromatic heterocycles. The summed E-state index contributed by atoms with van der Waals surface area (Å²) >= 11 is 5.91. The van der Waals surface area contributed by atoms with Crippen LogP contribution in [-0.4, -0.2) is 53.2 Å². The second-order valence-electron chi connectivity index (χ2n) is 6.62. The standard InChI is InChI=1S/C18H16ClN5O5S/c19-13-4-3-5-14(12-13)30(28,29)22-10-8-21(9-11-22)17-16(24(26)27)18(25)23-7-2-1-6-15(23)20-17/h1-7,12H,8-11H2. The summed E-state index contributed by atoms with van der Waals surface area (Å²) in [5.74, 6) is -0.0593. The topological polar surface area (TPSA) is 118 Å². The SMILES string of the molecule is O=c1c([N+](=O)[O-])c(N2CCN(S(=O)(=O)c3cccc(Cl)c3)CC2)nc2ccccn12. The molecule has 0 amide bonds. The summed E-state index contributed by atoms with van der Waals surface area (Å²) in [6, 6.07) is 10.8. The summed E-state index contributed by atoms with van der Waals surface area (Å²) in [6.45, 7) is 0.468. The van der Waals surface area contributed by atoms with Crippen molar-refractivity contribution in [1.82, 2.24) is 13.7 Å². The number of sulfonamides is 1. The van der Waals surface area contributed by atoms with Gasteiger partial charge in [-0.15, -0.1) is 0 Å². The van der Waals surface area contributed by atoms with Gasteiger partial charge in [-0.3, -0.25) is 19.3 Å². The lowest BCUT2D eigenvalue weighted by Crippen LogP contribution is -2.49. The predicted octanol–water partition coefficient (Wildman–Crippen LogP) is 1.77. The first-order valence-electron chi connectivity index (χ1n) is 8.95. The Hall–Kier alpha value is -3.02. The van der Waals surface area contributed by atoms with E-state index in [1.165, 1.54) is 22.6 Å². The molecule has 0 saturated carbocycles. The molecule has 12 heteroatoms. The molecule has 0 aliphatic carbocycles. The van der Waals surface area contributed by atoms with Crippen LogP contribution in [0.4, 0.5) is 11.5 Å².